The highest BCUT2D eigenvalue weighted by atomic mass is 19.1. The van der Waals surface area contributed by atoms with Crippen LogP contribution < -0.4 is 5.32 Å². The molecule has 1 aromatic rings. The Bertz CT molecular complexity index is 452. The Labute approximate surface area is 119 Å². The van der Waals surface area contributed by atoms with Gasteiger partial charge in [-0.2, -0.15) is 0 Å². The Balaban J connectivity index is 3.06. The number of hydrogen-bond acceptors (Lipinski definition) is 4. The topological polar surface area (TPSA) is 54.5 Å². The fourth-order valence-corrected chi connectivity index (χ4v) is 1.85. The van der Waals surface area contributed by atoms with Crippen molar-refractivity contribution < 1.29 is 13.9 Å². The van der Waals surface area contributed by atoms with E-state index in [2.05, 4.69) is 10.3 Å². The predicted molar refractivity (Wildman–Crippen MR) is 76.4 cm³/mol. The quantitative estimate of drug-likeness (QED) is 0.833. The lowest BCUT2D eigenvalue weighted by atomic mass is 10.2. The molecule has 1 aromatic heterocycles. The van der Waals surface area contributed by atoms with Gasteiger partial charge in [0, 0.05) is 26.2 Å². The number of aromatic nitrogens is 1. The minimum atomic E-state index is -0.523. The fourth-order valence-electron chi connectivity index (χ4n) is 1.85. The molecule has 0 saturated carbocycles. The van der Waals surface area contributed by atoms with E-state index < -0.39 is 5.82 Å². The number of amides is 1. The van der Waals surface area contributed by atoms with Crippen molar-refractivity contribution >= 4 is 11.7 Å². The van der Waals surface area contributed by atoms with Gasteiger partial charge in [-0.15, -0.1) is 0 Å². The molecule has 0 atom stereocenters. The lowest BCUT2D eigenvalue weighted by Crippen LogP contribution is -2.39. The molecule has 0 spiro atoms. The number of halogens is 1. The summed E-state index contributed by atoms with van der Waals surface area (Å²) in [5.41, 5.74) is 0.247. The van der Waals surface area contributed by atoms with Gasteiger partial charge >= 0.3 is 0 Å². The summed E-state index contributed by atoms with van der Waals surface area (Å²) in [4.78, 5) is 18.1. The Morgan fingerprint density at radius 1 is 1.55 bits per heavy atom. The minimum Gasteiger partial charge on any atom is -0.383 e. The molecular weight excluding hydrogens is 261 g/mol. The average molecular weight is 283 g/mol. The molecule has 0 fully saturated rings. The van der Waals surface area contributed by atoms with E-state index in [-0.39, 0.29) is 17.5 Å². The van der Waals surface area contributed by atoms with Crippen LogP contribution in [0.5, 0.6) is 0 Å². The van der Waals surface area contributed by atoms with E-state index in [1.165, 1.54) is 6.07 Å². The number of carbonyl (C=O) groups is 1. The van der Waals surface area contributed by atoms with Crippen molar-refractivity contribution in [3.05, 3.63) is 23.6 Å². The Morgan fingerprint density at radius 2 is 2.25 bits per heavy atom. The molecule has 0 radical (unpaired) electrons. The highest BCUT2D eigenvalue weighted by molar-refractivity contribution is 5.98. The van der Waals surface area contributed by atoms with Crippen LogP contribution in [0.25, 0.3) is 0 Å². The van der Waals surface area contributed by atoms with E-state index in [1.807, 2.05) is 20.8 Å². The maximum absolute atomic E-state index is 13.4. The van der Waals surface area contributed by atoms with Crippen molar-refractivity contribution in [2.75, 3.05) is 32.1 Å². The first-order valence-corrected chi connectivity index (χ1v) is 6.70. The van der Waals surface area contributed by atoms with Crippen molar-refractivity contribution in [1.29, 1.82) is 0 Å². The Kier molecular flexibility index (Phi) is 6.38. The van der Waals surface area contributed by atoms with Gasteiger partial charge in [0.2, 0.25) is 0 Å². The predicted octanol–water partition coefficient (Wildman–Crippen LogP) is 2.15. The molecule has 0 bridgehead atoms. The zero-order chi connectivity index (χ0) is 15.1. The van der Waals surface area contributed by atoms with Crippen LogP contribution in [0.3, 0.4) is 0 Å². The molecule has 0 unspecified atom stereocenters. The number of carbonyl (C=O) groups excluding carboxylic acids is 1. The van der Waals surface area contributed by atoms with Crippen LogP contribution in [0.2, 0.25) is 0 Å². The Morgan fingerprint density at radius 3 is 2.80 bits per heavy atom. The van der Waals surface area contributed by atoms with Gasteiger partial charge in [-0.25, -0.2) is 9.37 Å². The van der Waals surface area contributed by atoms with Crippen LogP contribution in [-0.2, 0) is 4.74 Å². The van der Waals surface area contributed by atoms with Crippen LogP contribution in [0.1, 0.15) is 31.1 Å². The SMILES string of the molecule is CCNc1ncc(F)cc1C(=O)N(CCOC)C(C)C. The molecule has 1 N–H and O–H groups in total. The second-order valence-corrected chi connectivity index (χ2v) is 4.67. The molecule has 20 heavy (non-hydrogen) atoms. The van der Waals surface area contributed by atoms with Gasteiger partial charge in [-0.3, -0.25) is 4.79 Å². The number of nitrogens with one attached hydrogen (secondary N) is 1. The standard InChI is InChI=1S/C14H22FN3O2/c1-5-16-13-12(8-11(15)9-17-13)14(19)18(10(2)3)6-7-20-4/h8-10H,5-7H2,1-4H3,(H,16,17). The molecule has 0 aromatic carbocycles. The van der Waals surface area contributed by atoms with Crippen LogP contribution in [0.15, 0.2) is 12.3 Å². The van der Waals surface area contributed by atoms with Gasteiger partial charge in [-0.05, 0) is 26.8 Å². The summed E-state index contributed by atoms with van der Waals surface area (Å²) in [6.07, 6.45) is 1.10. The number of anilines is 1. The van der Waals surface area contributed by atoms with Crippen molar-refractivity contribution in [2.45, 2.75) is 26.8 Å². The average Bonchev–Trinajstić information content (AvgIpc) is 2.41. The molecule has 0 aliphatic rings. The van der Waals surface area contributed by atoms with Crippen LogP contribution >= 0.6 is 0 Å². The number of rotatable bonds is 7. The largest absolute Gasteiger partial charge is 0.383 e. The maximum Gasteiger partial charge on any atom is 0.258 e. The highest BCUT2D eigenvalue weighted by Gasteiger charge is 2.22. The van der Waals surface area contributed by atoms with Gasteiger partial charge in [0.25, 0.3) is 5.91 Å². The van der Waals surface area contributed by atoms with Crippen LogP contribution in [0, 0.1) is 5.82 Å². The molecule has 1 rings (SSSR count). The zero-order valence-electron chi connectivity index (χ0n) is 12.4. The molecule has 0 aliphatic heterocycles. The lowest BCUT2D eigenvalue weighted by molar-refractivity contribution is 0.0635. The van der Waals surface area contributed by atoms with Gasteiger partial charge in [0.1, 0.15) is 11.6 Å². The number of methoxy groups -OCH3 is 1. The third-order valence-corrected chi connectivity index (χ3v) is 2.85. The summed E-state index contributed by atoms with van der Waals surface area (Å²) in [5, 5.41) is 2.98. The monoisotopic (exact) mass is 283 g/mol. The van der Waals surface area contributed by atoms with Gasteiger partial charge < -0.3 is 15.0 Å². The van der Waals surface area contributed by atoms with E-state index in [9.17, 15) is 9.18 Å². The first-order chi connectivity index (χ1) is 9.51. The lowest BCUT2D eigenvalue weighted by Gasteiger charge is -2.27. The number of pyridine rings is 1. The minimum absolute atomic E-state index is 0.00426. The Hall–Kier alpha value is -1.69. The third-order valence-electron chi connectivity index (χ3n) is 2.85. The molecule has 0 aliphatic carbocycles. The smallest absolute Gasteiger partial charge is 0.258 e. The number of ether oxygens (including phenoxy) is 1. The molecule has 6 heteroatoms. The van der Waals surface area contributed by atoms with Gasteiger partial charge in [-0.1, -0.05) is 0 Å². The fraction of sp³-hybridized carbons (Fsp3) is 0.571. The van der Waals surface area contributed by atoms with E-state index >= 15 is 0 Å². The summed E-state index contributed by atoms with van der Waals surface area (Å²) in [6, 6.07) is 1.21. The van der Waals surface area contributed by atoms with Crippen LogP contribution in [-0.4, -0.2) is 48.6 Å². The first kappa shape index (κ1) is 16.4. The summed E-state index contributed by atoms with van der Waals surface area (Å²) in [5.74, 6) is -0.368. The molecule has 0 saturated heterocycles. The van der Waals surface area contributed by atoms with Crippen molar-refractivity contribution in [3.63, 3.8) is 0 Å². The molecule has 112 valence electrons. The van der Waals surface area contributed by atoms with Crippen LogP contribution in [0.4, 0.5) is 10.2 Å². The van der Waals surface area contributed by atoms with E-state index in [0.29, 0.717) is 25.5 Å². The van der Waals surface area contributed by atoms with Crippen molar-refractivity contribution in [1.82, 2.24) is 9.88 Å². The van der Waals surface area contributed by atoms with E-state index in [4.69, 9.17) is 4.74 Å². The van der Waals surface area contributed by atoms with Gasteiger partial charge in [0.05, 0.1) is 18.4 Å². The summed E-state index contributed by atoms with van der Waals surface area (Å²) >= 11 is 0. The summed E-state index contributed by atoms with van der Waals surface area (Å²) in [7, 11) is 1.58. The molecular formula is C14H22FN3O2. The molecule has 1 amide bonds. The first-order valence-electron chi connectivity index (χ1n) is 6.70. The second-order valence-electron chi connectivity index (χ2n) is 4.67. The third kappa shape index (κ3) is 4.16. The highest BCUT2D eigenvalue weighted by Crippen LogP contribution is 2.17. The number of nitrogens with zero attached hydrogens (tertiary/aromatic N) is 2. The molecule has 1 heterocycles. The number of hydrogen-bond donors (Lipinski definition) is 1. The maximum atomic E-state index is 13.4. The van der Waals surface area contributed by atoms with Crippen molar-refractivity contribution in [3.8, 4) is 0 Å². The zero-order valence-corrected chi connectivity index (χ0v) is 12.4. The molecule has 5 nitrogen and oxygen atoms in total. The van der Waals surface area contributed by atoms with E-state index in [1.54, 1.807) is 12.0 Å². The normalized spacial score (nSPS) is 10.7. The van der Waals surface area contributed by atoms with Crippen molar-refractivity contribution in [2.24, 2.45) is 0 Å². The van der Waals surface area contributed by atoms with Gasteiger partial charge in [0.15, 0.2) is 0 Å². The summed E-state index contributed by atoms with van der Waals surface area (Å²) < 4.78 is 18.4. The van der Waals surface area contributed by atoms with E-state index in [0.717, 1.165) is 6.20 Å². The summed E-state index contributed by atoms with van der Waals surface area (Å²) in [6.45, 7) is 7.21. The second kappa shape index (κ2) is 7.79.